The molecule has 1 heterocycles. The molecule has 1 aromatic carbocycles. The number of thioether (sulfide) groups is 1. The number of halogens is 3. The first-order valence-electron chi connectivity index (χ1n) is 6.02. The molecule has 1 aliphatic rings. The van der Waals surface area contributed by atoms with Crippen LogP contribution in [0.3, 0.4) is 0 Å². The van der Waals surface area contributed by atoms with Crippen molar-refractivity contribution < 1.29 is 12.8 Å². The number of hydrogen-bond acceptors (Lipinski definition) is 3. The second kappa shape index (κ2) is 6.52. The van der Waals surface area contributed by atoms with E-state index in [9.17, 15) is 12.8 Å². The first-order valence-corrected chi connectivity index (χ1v) is 9.83. The Morgan fingerprint density at radius 3 is 2.85 bits per heavy atom. The molecule has 0 bridgehead atoms. The SMILES string of the molecule is CC1CN(S(=O)(=O)c2cc(Br)cc(CCl)c2F)CCS1. The van der Waals surface area contributed by atoms with Gasteiger partial charge in [0.1, 0.15) is 10.7 Å². The Hall–Kier alpha value is 0.180. The minimum atomic E-state index is -3.82. The molecule has 1 aliphatic heterocycles. The number of alkyl halides is 1. The van der Waals surface area contributed by atoms with Crippen LogP contribution < -0.4 is 0 Å². The number of rotatable bonds is 3. The molecule has 0 N–H and O–H groups in total. The van der Waals surface area contributed by atoms with Crippen molar-refractivity contribution >= 4 is 49.3 Å². The normalized spacial score (nSPS) is 21.1. The molecule has 0 radical (unpaired) electrons. The van der Waals surface area contributed by atoms with Gasteiger partial charge in [0.2, 0.25) is 10.0 Å². The van der Waals surface area contributed by atoms with Crippen LogP contribution in [0, 0.1) is 5.82 Å². The fourth-order valence-corrected chi connectivity index (χ4v) is 5.78. The third-order valence-electron chi connectivity index (χ3n) is 3.04. The second-order valence-electron chi connectivity index (χ2n) is 4.56. The van der Waals surface area contributed by atoms with E-state index in [0.29, 0.717) is 17.6 Å². The van der Waals surface area contributed by atoms with Crippen LogP contribution in [0.25, 0.3) is 0 Å². The Bertz CT molecular complexity index is 612. The van der Waals surface area contributed by atoms with Crippen LogP contribution in [0.5, 0.6) is 0 Å². The Balaban J connectivity index is 2.46. The molecule has 1 atom stereocenters. The Morgan fingerprint density at radius 1 is 1.55 bits per heavy atom. The molecule has 1 fully saturated rings. The summed E-state index contributed by atoms with van der Waals surface area (Å²) in [5, 5.41) is 0.209. The predicted molar refractivity (Wildman–Crippen MR) is 84.3 cm³/mol. The minimum Gasteiger partial charge on any atom is -0.207 e. The van der Waals surface area contributed by atoms with Gasteiger partial charge in [0.05, 0.1) is 5.88 Å². The molecule has 1 unspecified atom stereocenters. The lowest BCUT2D eigenvalue weighted by molar-refractivity contribution is 0.419. The summed E-state index contributed by atoms with van der Waals surface area (Å²) in [6.45, 7) is 2.77. The highest BCUT2D eigenvalue weighted by Crippen LogP contribution is 2.30. The zero-order valence-electron chi connectivity index (χ0n) is 10.8. The summed E-state index contributed by atoms with van der Waals surface area (Å²) in [6, 6.07) is 2.79. The molecule has 0 saturated carbocycles. The topological polar surface area (TPSA) is 37.4 Å². The van der Waals surface area contributed by atoms with Gasteiger partial charge in [-0.2, -0.15) is 16.1 Å². The molecule has 1 saturated heterocycles. The van der Waals surface area contributed by atoms with Gasteiger partial charge < -0.3 is 0 Å². The molecule has 0 spiro atoms. The molecule has 20 heavy (non-hydrogen) atoms. The maximum absolute atomic E-state index is 14.3. The van der Waals surface area contributed by atoms with Crippen LogP contribution in [-0.2, 0) is 15.9 Å². The van der Waals surface area contributed by atoms with Gasteiger partial charge >= 0.3 is 0 Å². The molecule has 0 amide bonds. The van der Waals surface area contributed by atoms with Gasteiger partial charge in [-0.3, -0.25) is 0 Å². The van der Waals surface area contributed by atoms with Crippen molar-refractivity contribution in [3.05, 3.63) is 28.0 Å². The molecule has 112 valence electrons. The van der Waals surface area contributed by atoms with Gasteiger partial charge in [0.15, 0.2) is 0 Å². The van der Waals surface area contributed by atoms with Gasteiger partial charge in [0, 0.05) is 34.1 Å². The molecule has 0 aromatic heterocycles. The summed E-state index contributed by atoms with van der Waals surface area (Å²) in [5.41, 5.74) is 0.180. The summed E-state index contributed by atoms with van der Waals surface area (Å²) in [5.74, 6) is -0.104. The van der Waals surface area contributed by atoms with E-state index in [-0.39, 0.29) is 21.6 Å². The minimum absolute atomic E-state index is 0.0694. The fourth-order valence-electron chi connectivity index (χ4n) is 2.05. The van der Waals surface area contributed by atoms with Crippen LogP contribution >= 0.6 is 39.3 Å². The zero-order chi connectivity index (χ0) is 14.9. The average molecular weight is 403 g/mol. The number of benzene rings is 1. The molecule has 1 aromatic rings. The monoisotopic (exact) mass is 401 g/mol. The fraction of sp³-hybridized carbons (Fsp3) is 0.500. The van der Waals surface area contributed by atoms with Crippen LogP contribution in [0.15, 0.2) is 21.5 Å². The lowest BCUT2D eigenvalue weighted by Gasteiger charge is -2.30. The molecular weight excluding hydrogens is 389 g/mol. The van der Waals surface area contributed by atoms with Crippen molar-refractivity contribution in [1.82, 2.24) is 4.31 Å². The van der Waals surface area contributed by atoms with E-state index < -0.39 is 15.8 Å². The lowest BCUT2D eigenvalue weighted by atomic mass is 10.2. The van der Waals surface area contributed by atoms with E-state index in [1.807, 2.05) is 6.92 Å². The molecule has 3 nitrogen and oxygen atoms in total. The van der Waals surface area contributed by atoms with Gasteiger partial charge in [-0.25, -0.2) is 12.8 Å². The summed E-state index contributed by atoms with van der Waals surface area (Å²) < 4.78 is 41.3. The van der Waals surface area contributed by atoms with Crippen molar-refractivity contribution in [2.75, 3.05) is 18.8 Å². The van der Waals surface area contributed by atoms with Crippen molar-refractivity contribution in [2.45, 2.75) is 22.9 Å². The van der Waals surface area contributed by atoms with E-state index in [4.69, 9.17) is 11.6 Å². The summed E-state index contributed by atoms with van der Waals surface area (Å²) in [6.07, 6.45) is 0. The zero-order valence-corrected chi connectivity index (χ0v) is 14.7. The number of sulfonamides is 1. The van der Waals surface area contributed by atoms with Crippen LogP contribution in [-0.4, -0.2) is 36.8 Å². The van der Waals surface area contributed by atoms with Gasteiger partial charge in [-0.05, 0) is 12.1 Å². The first kappa shape index (κ1) is 16.5. The molecule has 0 aliphatic carbocycles. The summed E-state index contributed by atoms with van der Waals surface area (Å²) in [4.78, 5) is -0.304. The highest BCUT2D eigenvalue weighted by molar-refractivity contribution is 9.10. The summed E-state index contributed by atoms with van der Waals surface area (Å²) in [7, 11) is -3.82. The van der Waals surface area contributed by atoms with Crippen LogP contribution in [0.1, 0.15) is 12.5 Å². The maximum atomic E-state index is 14.3. The van der Waals surface area contributed by atoms with Gasteiger partial charge in [-0.1, -0.05) is 22.9 Å². The van der Waals surface area contributed by atoms with Crippen molar-refractivity contribution in [3.8, 4) is 0 Å². The Kier molecular flexibility index (Phi) is 5.40. The maximum Gasteiger partial charge on any atom is 0.246 e. The number of hydrogen-bond donors (Lipinski definition) is 0. The average Bonchev–Trinajstić information content (AvgIpc) is 2.40. The summed E-state index contributed by atoms with van der Waals surface area (Å²) >= 11 is 10.6. The van der Waals surface area contributed by atoms with Crippen molar-refractivity contribution in [3.63, 3.8) is 0 Å². The third kappa shape index (κ3) is 3.32. The third-order valence-corrected chi connectivity index (χ3v) is 6.79. The quantitative estimate of drug-likeness (QED) is 0.727. The van der Waals surface area contributed by atoms with Crippen LogP contribution in [0.2, 0.25) is 0 Å². The van der Waals surface area contributed by atoms with Crippen molar-refractivity contribution in [2.24, 2.45) is 0 Å². The predicted octanol–water partition coefficient (Wildman–Crippen LogP) is 3.45. The molecular formula is C12H14BrClFNO2S2. The number of nitrogens with zero attached hydrogens (tertiary/aromatic N) is 1. The van der Waals surface area contributed by atoms with Crippen LogP contribution in [0.4, 0.5) is 4.39 Å². The van der Waals surface area contributed by atoms with E-state index in [2.05, 4.69) is 15.9 Å². The van der Waals surface area contributed by atoms with E-state index in [1.54, 1.807) is 11.8 Å². The Morgan fingerprint density at radius 2 is 2.25 bits per heavy atom. The smallest absolute Gasteiger partial charge is 0.207 e. The van der Waals surface area contributed by atoms with Gasteiger partial charge in [-0.15, -0.1) is 11.6 Å². The second-order valence-corrected chi connectivity index (χ2v) is 9.19. The molecule has 2 rings (SSSR count). The lowest BCUT2D eigenvalue weighted by Crippen LogP contribution is -2.41. The van der Waals surface area contributed by atoms with E-state index in [1.165, 1.54) is 16.4 Å². The van der Waals surface area contributed by atoms with E-state index >= 15 is 0 Å². The van der Waals surface area contributed by atoms with Gasteiger partial charge in [0.25, 0.3) is 0 Å². The standard InChI is InChI=1S/C12H14BrClFNO2S2/c1-8-7-16(2-3-19-8)20(17,18)11-5-10(13)4-9(6-14)12(11)15/h4-5,8H,2-3,6-7H2,1H3. The highest BCUT2D eigenvalue weighted by Gasteiger charge is 2.32. The highest BCUT2D eigenvalue weighted by atomic mass is 79.9. The van der Waals surface area contributed by atoms with Crippen molar-refractivity contribution in [1.29, 1.82) is 0 Å². The largest absolute Gasteiger partial charge is 0.246 e. The Labute approximate surface area is 136 Å². The first-order chi connectivity index (χ1) is 9.36. The van der Waals surface area contributed by atoms with E-state index in [0.717, 1.165) is 5.75 Å². The molecule has 8 heteroatoms.